The molecule has 1 aromatic carbocycles. The Hall–Kier alpha value is -1.03. The molecule has 2 N–H and O–H groups in total. The molecule has 164 valence electrons. The summed E-state index contributed by atoms with van der Waals surface area (Å²) in [6.07, 6.45) is 1.56. The van der Waals surface area contributed by atoms with Gasteiger partial charge in [-0.3, -0.25) is 4.21 Å². The van der Waals surface area contributed by atoms with Gasteiger partial charge >= 0.3 is 0 Å². The van der Waals surface area contributed by atoms with Crippen LogP contribution < -0.4 is 4.74 Å². The van der Waals surface area contributed by atoms with Crippen LogP contribution in [-0.2, 0) is 25.0 Å². The summed E-state index contributed by atoms with van der Waals surface area (Å²) in [5.74, 6) is -1.06. The van der Waals surface area contributed by atoms with Crippen LogP contribution in [0.25, 0.3) is 0 Å². The lowest BCUT2D eigenvalue weighted by Crippen LogP contribution is -2.79. The monoisotopic (exact) mass is 436 g/mol. The highest BCUT2D eigenvalue weighted by Crippen LogP contribution is 2.76. The summed E-state index contributed by atoms with van der Waals surface area (Å²) in [5, 5.41) is 23.0. The first kappa shape index (κ1) is 19.6. The van der Waals surface area contributed by atoms with E-state index < -0.39 is 50.8 Å². The number of rotatable bonds is 3. The molecule has 3 saturated heterocycles. The Morgan fingerprint density at radius 1 is 1.20 bits per heavy atom. The maximum atomic E-state index is 12.9. The van der Waals surface area contributed by atoms with Crippen LogP contribution in [0.15, 0.2) is 18.2 Å². The summed E-state index contributed by atoms with van der Waals surface area (Å²) in [6.45, 7) is 1.78. The van der Waals surface area contributed by atoms with E-state index in [4.69, 9.17) is 18.9 Å². The Bertz CT molecular complexity index is 965. The van der Waals surface area contributed by atoms with Crippen molar-refractivity contribution in [1.82, 2.24) is 0 Å². The Balaban J connectivity index is 1.69. The normalized spacial score (nSPS) is 53.3. The largest absolute Gasteiger partial charge is 0.496 e. The molecule has 3 heterocycles. The predicted molar refractivity (Wildman–Crippen MR) is 107 cm³/mol. The number of methoxy groups -OCH3 is 2. The summed E-state index contributed by atoms with van der Waals surface area (Å²) in [7, 11) is 1.90. The third-order valence-electron chi connectivity index (χ3n) is 8.35. The quantitative estimate of drug-likeness (QED) is 0.743. The molecular formula is C22H28O7S. The highest BCUT2D eigenvalue weighted by molar-refractivity contribution is 7.85. The van der Waals surface area contributed by atoms with Gasteiger partial charge < -0.3 is 29.2 Å². The first-order valence-electron chi connectivity index (χ1n) is 10.5. The minimum Gasteiger partial charge on any atom is -0.496 e. The molecule has 4 bridgehead atoms. The minimum atomic E-state index is -1.37. The smallest absolute Gasteiger partial charge is 0.177 e. The maximum Gasteiger partial charge on any atom is 0.177 e. The van der Waals surface area contributed by atoms with E-state index in [1.54, 1.807) is 27.4 Å². The van der Waals surface area contributed by atoms with Gasteiger partial charge in [0.05, 0.1) is 35.6 Å². The van der Waals surface area contributed by atoms with E-state index in [-0.39, 0.29) is 11.8 Å². The van der Waals surface area contributed by atoms with Crippen LogP contribution in [0.2, 0.25) is 0 Å². The number of hydrogen-bond acceptors (Lipinski definition) is 7. The standard InChI is InChI=1S/C22H28O7S/c1-19(23)9-20-8-13(30(4)25)22(24)15-16(28-21(10-19,27-3)17(15)20)11-6-5-7-12(26-2)14(11)18(22)29-20/h5-7,13,15-18,23-24H,8-10H2,1-4H3/t13-,15-,16+,17+,18-,19-,20+,21-,22-,30+/m1/s1. The number of ether oxygens (including phenoxy) is 4. The molecule has 6 aliphatic rings. The second-order valence-electron chi connectivity index (χ2n) is 10.0. The summed E-state index contributed by atoms with van der Waals surface area (Å²) in [6, 6.07) is 5.74. The SMILES string of the molecule is COc1cccc2c1[C@H]1O[C@@]34C[C@@H]([S@](C)=O)[C@@]1(O)[C@@H]1[C@H]2O[C@](OC)(C[C@](C)(O)C3)[C@@H]14. The lowest BCUT2D eigenvalue weighted by molar-refractivity contribution is -0.373. The van der Waals surface area contributed by atoms with Crippen molar-refractivity contribution in [3.63, 3.8) is 0 Å². The lowest BCUT2D eigenvalue weighted by atomic mass is 9.47. The van der Waals surface area contributed by atoms with E-state index in [0.29, 0.717) is 25.0 Å². The number of fused-ring (bicyclic) bond motifs is 3. The Morgan fingerprint density at radius 3 is 2.63 bits per heavy atom. The zero-order valence-corrected chi connectivity index (χ0v) is 18.4. The average molecular weight is 437 g/mol. The fraction of sp³-hybridized carbons (Fsp3) is 0.727. The van der Waals surface area contributed by atoms with Crippen molar-refractivity contribution < 1.29 is 33.4 Å². The zero-order chi connectivity index (χ0) is 21.3. The van der Waals surface area contributed by atoms with Crippen LogP contribution in [-0.4, -0.2) is 62.7 Å². The average Bonchev–Trinajstić information content (AvgIpc) is 3.05. The second-order valence-corrected chi connectivity index (χ2v) is 11.6. The van der Waals surface area contributed by atoms with Gasteiger partial charge in [0.2, 0.25) is 0 Å². The maximum absolute atomic E-state index is 12.9. The highest BCUT2D eigenvalue weighted by atomic mass is 32.2. The van der Waals surface area contributed by atoms with E-state index in [0.717, 1.165) is 11.1 Å². The molecule has 10 atom stereocenters. The van der Waals surface area contributed by atoms with Crippen molar-refractivity contribution in [1.29, 1.82) is 0 Å². The van der Waals surface area contributed by atoms with Crippen LogP contribution in [0.5, 0.6) is 5.75 Å². The molecule has 3 aliphatic carbocycles. The first-order valence-corrected chi connectivity index (χ1v) is 12.1. The van der Waals surface area contributed by atoms with Gasteiger partial charge in [0.25, 0.3) is 0 Å². The van der Waals surface area contributed by atoms with Crippen molar-refractivity contribution in [2.24, 2.45) is 11.8 Å². The Morgan fingerprint density at radius 2 is 1.97 bits per heavy atom. The second kappa shape index (κ2) is 5.66. The summed E-state index contributed by atoms with van der Waals surface area (Å²) in [4.78, 5) is 0. The van der Waals surface area contributed by atoms with Crippen LogP contribution in [0.3, 0.4) is 0 Å². The van der Waals surface area contributed by atoms with Crippen molar-refractivity contribution >= 4 is 10.8 Å². The third kappa shape index (κ3) is 2.02. The molecule has 2 saturated carbocycles. The number of aliphatic hydroxyl groups is 2. The molecule has 0 aromatic heterocycles. The van der Waals surface area contributed by atoms with Gasteiger partial charge in [-0.2, -0.15) is 0 Å². The number of hydrogen-bond donors (Lipinski definition) is 2. The van der Waals surface area contributed by atoms with Crippen molar-refractivity contribution in [3.05, 3.63) is 29.3 Å². The fourth-order valence-corrected chi connectivity index (χ4v) is 9.05. The van der Waals surface area contributed by atoms with Crippen molar-refractivity contribution in [3.8, 4) is 5.75 Å². The van der Waals surface area contributed by atoms with Gasteiger partial charge in [-0.25, -0.2) is 0 Å². The summed E-state index contributed by atoms with van der Waals surface area (Å²) < 4.78 is 38.0. The summed E-state index contributed by atoms with van der Waals surface area (Å²) in [5.41, 5.74) is -1.59. The highest BCUT2D eigenvalue weighted by Gasteiger charge is 2.83. The number of benzene rings is 1. The van der Waals surface area contributed by atoms with Crippen molar-refractivity contribution in [2.75, 3.05) is 20.5 Å². The predicted octanol–water partition coefficient (Wildman–Crippen LogP) is 1.59. The van der Waals surface area contributed by atoms with Crippen LogP contribution in [0.1, 0.15) is 49.5 Å². The molecule has 0 radical (unpaired) electrons. The fourth-order valence-electron chi connectivity index (χ4n) is 7.72. The Labute approximate surface area is 178 Å². The third-order valence-corrected chi connectivity index (χ3v) is 9.69. The van der Waals surface area contributed by atoms with Gasteiger partial charge in [0, 0.05) is 48.5 Å². The van der Waals surface area contributed by atoms with Gasteiger partial charge in [-0.05, 0) is 25.0 Å². The molecule has 5 fully saturated rings. The molecule has 0 unspecified atom stereocenters. The molecule has 8 heteroatoms. The minimum absolute atomic E-state index is 0.263. The molecule has 30 heavy (non-hydrogen) atoms. The van der Waals surface area contributed by atoms with E-state index in [1.165, 1.54) is 0 Å². The topological polar surface area (TPSA) is 94.5 Å². The first-order chi connectivity index (χ1) is 14.1. The van der Waals surface area contributed by atoms with Crippen LogP contribution in [0.4, 0.5) is 0 Å². The molecule has 1 spiro atoms. The lowest BCUT2D eigenvalue weighted by Gasteiger charge is -2.69. The van der Waals surface area contributed by atoms with Crippen molar-refractivity contribution in [2.45, 2.75) is 66.2 Å². The molecular weight excluding hydrogens is 408 g/mol. The summed E-state index contributed by atoms with van der Waals surface area (Å²) >= 11 is 0. The molecule has 7 rings (SSSR count). The Kier molecular flexibility index (Phi) is 3.70. The molecule has 1 aromatic rings. The van der Waals surface area contributed by atoms with Crippen LogP contribution >= 0.6 is 0 Å². The molecule has 0 amide bonds. The van der Waals surface area contributed by atoms with E-state index in [2.05, 4.69) is 0 Å². The van der Waals surface area contributed by atoms with Gasteiger partial charge in [0.15, 0.2) is 5.79 Å². The van der Waals surface area contributed by atoms with Gasteiger partial charge in [-0.15, -0.1) is 0 Å². The van der Waals surface area contributed by atoms with E-state index in [9.17, 15) is 14.4 Å². The van der Waals surface area contributed by atoms with Gasteiger partial charge in [0.1, 0.15) is 17.5 Å². The van der Waals surface area contributed by atoms with E-state index >= 15 is 0 Å². The van der Waals surface area contributed by atoms with E-state index in [1.807, 2.05) is 18.2 Å². The van der Waals surface area contributed by atoms with Crippen LogP contribution in [0, 0.1) is 11.8 Å². The zero-order valence-electron chi connectivity index (χ0n) is 17.6. The molecule has 7 nitrogen and oxygen atoms in total. The van der Waals surface area contributed by atoms with Gasteiger partial charge in [-0.1, -0.05) is 12.1 Å². The molecule has 3 aliphatic heterocycles.